The number of allylic oxidation sites excluding steroid dienone is 2. The maximum Gasteiger partial charge on any atom is 0.130 e. The van der Waals surface area contributed by atoms with Crippen molar-refractivity contribution >= 4 is 6.29 Å². The minimum absolute atomic E-state index is 0.0499. The summed E-state index contributed by atoms with van der Waals surface area (Å²) in [5, 5.41) is 10.0. The topological polar surface area (TPSA) is 37.3 Å². The number of carbonyl (C=O) groups is 1. The Morgan fingerprint density at radius 3 is 2.58 bits per heavy atom. The van der Waals surface area contributed by atoms with Crippen molar-refractivity contribution in [2.24, 2.45) is 11.8 Å². The summed E-state index contributed by atoms with van der Waals surface area (Å²) >= 11 is 0. The van der Waals surface area contributed by atoms with Crippen molar-refractivity contribution in [1.82, 2.24) is 0 Å². The van der Waals surface area contributed by atoms with Crippen LogP contribution in [0.2, 0.25) is 0 Å². The fraction of sp³-hybridized carbons (Fsp3) is 0.500. The van der Waals surface area contributed by atoms with Gasteiger partial charge in [-0.25, -0.2) is 0 Å². The molecule has 0 amide bonds. The summed E-state index contributed by atoms with van der Waals surface area (Å²) in [5.74, 6) is -0.351. The van der Waals surface area contributed by atoms with Crippen LogP contribution in [0.1, 0.15) is 13.8 Å². The molecule has 0 spiro atoms. The molecule has 0 aromatic carbocycles. The van der Waals surface area contributed by atoms with Crippen molar-refractivity contribution in [1.29, 1.82) is 0 Å². The number of hydrogen-bond donors (Lipinski definition) is 1. The number of rotatable bonds is 2. The third-order valence-electron chi connectivity index (χ3n) is 2.40. The van der Waals surface area contributed by atoms with Crippen molar-refractivity contribution < 1.29 is 9.90 Å². The van der Waals surface area contributed by atoms with Crippen molar-refractivity contribution in [2.75, 3.05) is 0 Å². The highest BCUT2D eigenvalue weighted by Gasteiger charge is 2.36. The van der Waals surface area contributed by atoms with Crippen molar-refractivity contribution in [3.63, 3.8) is 0 Å². The third kappa shape index (κ3) is 1.34. The first-order valence-electron chi connectivity index (χ1n) is 4.15. The molecule has 1 aliphatic rings. The highest BCUT2D eigenvalue weighted by Crippen LogP contribution is 2.30. The fourth-order valence-electron chi connectivity index (χ4n) is 1.39. The van der Waals surface area contributed by atoms with E-state index in [1.165, 1.54) is 0 Å². The lowest BCUT2D eigenvalue weighted by molar-refractivity contribution is -0.116. The van der Waals surface area contributed by atoms with E-state index < -0.39 is 11.5 Å². The average Bonchev–Trinajstić information content (AvgIpc) is 2.05. The molecule has 0 heterocycles. The van der Waals surface area contributed by atoms with Crippen molar-refractivity contribution in [3.8, 4) is 0 Å². The van der Waals surface area contributed by atoms with E-state index in [-0.39, 0.29) is 5.92 Å². The Kier molecular flexibility index (Phi) is 2.48. The molecule has 2 nitrogen and oxygen atoms in total. The Hall–Kier alpha value is -0.890. The summed E-state index contributed by atoms with van der Waals surface area (Å²) < 4.78 is 0. The molecule has 0 fully saturated rings. The van der Waals surface area contributed by atoms with E-state index in [9.17, 15) is 9.90 Å². The zero-order chi connectivity index (χ0) is 9.19. The van der Waals surface area contributed by atoms with Crippen molar-refractivity contribution in [3.05, 3.63) is 24.3 Å². The lowest BCUT2D eigenvalue weighted by Gasteiger charge is -2.34. The fourth-order valence-corrected chi connectivity index (χ4v) is 1.39. The molecule has 0 aliphatic heterocycles. The third-order valence-corrected chi connectivity index (χ3v) is 2.40. The van der Waals surface area contributed by atoms with E-state index in [0.29, 0.717) is 0 Å². The highest BCUT2D eigenvalue weighted by atomic mass is 16.3. The predicted molar refractivity (Wildman–Crippen MR) is 47.6 cm³/mol. The number of aliphatic hydroxyl groups is 1. The van der Waals surface area contributed by atoms with E-state index >= 15 is 0 Å². The normalized spacial score (nSPS) is 34.2. The first kappa shape index (κ1) is 9.20. The summed E-state index contributed by atoms with van der Waals surface area (Å²) in [6.45, 7) is 3.81. The van der Waals surface area contributed by atoms with Gasteiger partial charge in [0, 0.05) is 0 Å². The van der Waals surface area contributed by atoms with E-state index in [1.54, 1.807) is 24.3 Å². The molecule has 1 N–H and O–H groups in total. The Bertz CT molecular complexity index is 228. The second kappa shape index (κ2) is 3.23. The minimum Gasteiger partial charge on any atom is -0.384 e. The van der Waals surface area contributed by atoms with E-state index in [0.717, 1.165) is 6.29 Å². The largest absolute Gasteiger partial charge is 0.384 e. The van der Waals surface area contributed by atoms with Gasteiger partial charge >= 0.3 is 0 Å². The predicted octanol–water partition coefficient (Wildman–Crippen LogP) is 1.31. The molecular weight excluding hydrogens is 152 g/mol. The summed E-state index contributed by atoms with van der Waals surface area (Å²) in [6.07, 6.45) is 7.78. The van der Waals surface area contributed by atoms with Gasteiger partial charge in [-0.15, -0.1) is 0 Å². The van der Waals surface area contributed by atoms with Gasteiger partial charge < -0.3 is 9.90 Å². The highest BCUT2D eigenvalue weighted by molar-refractivity contribution is 5.61. The van der Waals surface area contributed by atoms with Gasteiger partial charge in [0.05, 0.1) is 11.5 Å². The van der Waals surface area contributed by atoms with Gasteiger partial charge in [0.25, 0.3) is 0 Å². The van der Waals surface area contributed by atoms with E-state index in [2.05, 4.69) is 0 Å². The zero-order valence-corrected chi connectivity index (χ0v) is 7.40. The first-order chi connectivity index (χ1) is 5.61. The Morgan fingerprint density at radius 1 is 1.50 bits per heavy atom. The second-order valence-electron chi connectivity index (χ2n) is 3.45. The van der Waals surface area contributed by atoms with Crippen LogP contribution in [0.3, 0.4) is 0 Å². The van der Waals surface area contributed by atoms with Gasteiger partial charge in [-0.3, -0.25) is 0 Å². The standard InChI is InChI=1S/C10H14O2/c1-8(2)10(12)6-4-3-5-9(10)7-11/h3-9,12H,1-2H3. The van der Waals surface area contributed by atoms with Crippen LogP contribution in [0.25, 0.3) is 0 Å². The van der Waals surface area contributed by atoms with Gasteiger partial charge in [-0.1, -0.05) is 38.2 Å². The lowest BCUT2D eigenvalue weighted by atomic mass is 9.77. The summed E-state index contributed by atoms with van der Waals surface area (Å²) in [7, 11) is 0. The molecule has 0 bridgehead atoms. The Morgan fingerprint density at radius 2 is 2.17 bits per heavy atom. The van der Waals surface area contributed by atoms with Gasteiger partial charge in [-0.05, 0) is 5.92 Å². The van der Waals surface area contributed by atoms with Crippen LogP contribution in [-0.4, -0.2) is 17.0 Å². The van der Waals surface area contributed by atoms with Gasteiger partial charge in [0.2, 0.25) is 0 Å². The monoisotopic (exact) mass is 166 g/mol. The number of carbonyl (C=O) groups excluding carboxylic acids is 1. The maximum absolute atomic E-state index is 10.6. The molecular formula is C10H14O2. The molecule has 2 unspecified atom stereocenters. The molecule has 66 valence electrons. The molecule has 12 heavy (non-hydrogen) atoms. The van der Waals surface area contributed by atoms with Gasteiger partial charge in [0.1, 0.15) is 6.29 Å². The van der Waals surface area contributed by atoms with Gasteiger partial charge in [-0.2, -0.15) is 0 Å². The van der Waals surface area contributed by atoms with Crippen LogP contribution in [0.5, 0.6) is 0 Å². The molecule has 2 heteroatoms. The van der Waals surface area contributed by atoms with Crippen molar-refractivity contribution in [2.45, 2.75) is 19.4 Å². The Labute approximate surface area is 72.6 Å². The average molecular weight is 166 g/mol. The van der Waals surface area contributed by atoms with Crippen LogP contribution >= 0.6 is 0 Å². The molecule has 1 rings (SSSR count). The SMILES string of the molecule is CC(C)C1(O)C=CC=CC1C=O. The molecule has 0 saturated heterocycles. The van der Waals surface area contributed by atoms with Crippen LogP contribution in [0.15, 0.2) is 24.3 Å². The Balaban J connectivity index is 2.94. The van der Waals surface area contributed by atoms with E-state index in [1.807, 2.05) is 13.8 Å². The lowest BCUT2D eigenvalue weighted by Crippen LogP contribution is -2.42. The molecule has 0 aromatic heterocycles. The first-order valence-corrected chi connectivity index (χ1v) is 4.15. The van der Waals surface area contributed by atoms with Gasteiger partial charge in [0.15, 0.2) is 0 Å². The molecule has 0 radical (unpaired) electrons. The second-order valence-corrected chi connectivity index (χ2v) is 3.45. The summed E-state index contributed by atoms with van der Waals surface area (Å²) in [6, 6.07) is 0. The molecule has 1 aliphatic carbocycles. The molecule has 2 atom stereocenters. The summed E-state index contributed by atoms with van der Waals surface area (Å²) in [5.41, 5.74) is -0.990. The molecule has 0 aromatic rings. The van der Waals surface area contributed by atoms with Crippen LogP contribution < -0.4 is 0 Å². The number of aldehydes is 1. The van der Waals surface area contributed by atoms with Crippen LogP contribution in [-0.2, 0) is 4.79 Å². The van der Waals surface area contributed by atoms with Crippen LogP contribution in [0.4, 0.5) is 0 Å². The number of hydrogen-bond acceptors (Lipinski definition) is 2. The quantitative estimate of drug-likeness (QED) is 0.628. The zero-order valence-electron chi connectivity index (χ0n) is 7.40. The smallest absolute Gasteiger partial charge is 0.130 e. The van der Waals surface area contributed by atoms with E-state index in [4.69, 9.17) is 0 Å². The van der Waals surface area contributed by atoms with Crippen LogP contribution in [0, 0.1) is 11.8 Å². The summed E-state index contributed by atoms with van der Waals surface area (Å²) in [4.78, 5) is 10.6. The molecule has 0 saturated carbocycles. The minimum atomic E-state index is -0.990. The maximum atomic E-state index is 10.6.